The number of aromatic amines is 1. The quantitative estimate of drug-likeness (QED) is 0.630. The lowest BCUT2D eigenvalue weighted by atomic mass is 10.2. The summed E-state index contributed by atoms with van der Waals surface area (Å²) in [7, 11) is -0.921. The summed E-state index contributed by atoms with van der Waals surface area (Å²) >= 11 is 6.48. The van der Waals surface area contributed by atoms with E-state index in [-0.39, 0.29) is 0 Å². The molecule has 0 spiro atoms. The highest BCUT2D eigenvalue weighted by atomic mass is 33.1. The van der Waals surface area contributed by atoms with E-state index < -0.39 is 9.06 Å². The number of nitrogens with one attached hydrogen (secondary N) is 1. The Morgan fingerprint density at radius 2 is 2.06 bits per heavy atom. The molecule has 0 fully saturated rings. The van der Waals surface area contributed by atoms with Crippen molar-refractivity contribution in [3.8, 4) is 10.6 Å². The van der Waals surface area contributed by atoms with Crippen molar-refractivity contribution >= 4 is 32.1 Å². The van der Waals surface area contributed by atoms with Crippen LogP contribution in [-0.4, -0.2) is 22.5 Å². The molecule has 0 radical (unpaired) electrons. The van der Waals surface area contributed by atoms with Crippen LogP contribution in [0.4, 0.5) is 0 Å². The van der Waals surface area contributed by atoms with Crippen LogP contribution in [0.1, 0.15) is 25.6 Å². The van der Waals surface area contributed by atoms with Gasteiger partial charge < -0.3 is 4.98 Å². The third kappa shape index (κ3) is 2.89. The largest absolute Gasteiger partial charge is 0.341 e. The fourth-order valence-corrected chi connectivity index (χ4v) is 4.20. The molecule has 94 valence electrons. The number of nitrogens with zero attached hydrogens (tertiary/aromatic N) is 1. The molecule has 2 aromatic heterocycles. The SMILES string of the molecule is CC(C)c1ncc(-c2ccc(S(C)(C)S)s2)[nH]1. The van der Waals surface area contributed by atoms with E-state index in [0.717, 1.165) is 11.5 Å². The van der Waals surface area contributed by atoms with Crippen LogP contribution in [0.3, 0.4) is 0 Å². The van der Waals surface area contributed by atoms with E-state index in [1.807, 2.05) is 17.5 Å². The van der Waals surface area contributed by atoms with Crippen molar-refractivity contribution in [3.63, 3.8) is 0 Å². The van der Waals surface area contributed by atoms with E-state index in [2.05, 4.69) is 60.1 Å². The minimum absolute atomic E-state index is 0.440. The van der Waals surface area contributed by atoms with Crippen LogP contribution in [0.25, 0.3) is 10.6 Å². The second kappa shape index (κ2) is 4.71. The Morgan fingerprint density at radius 3 is 2.53 bits per heavy atom. The lowest BCUT2D eigenvalue weighted by Gasteiger charge is -2.21. The van der Waals surface area contributed by atoms with Gasteiger partial charge in [0.05, 0.1) is 21.0 Å². The predicted molar refractivity (Wildman–Crippen MR) is 82.7 cm³/mol. The van der Waals surface area contributed by atoms with Gasteiger partial charge in [0.15, 0.2) is 0 Å². The molecule has 0 aliphatic carbocycles. The molecule has 0 atom stereocenters. The van der Waals surface area contributed by atoms with Crippen LogP contribution in [0.2, 0.25) is 0 Å². The van der Waals surface area contributed by atoms with Gasteiger partial charge in [-0.3, -0.25) is 0 Å². The summed E-state index contributed by atoms with van der Waals surface area (Å²) in [5.41, 5.74) is 1.11. The maximum Gasteiger partial charge on any atom is 0.109 e. The van der Waals surface area contributed by atoms with E-state index >= 15 is 0 Å². The summed E-state index contributed by atoms with van der Waals surface area (Å²) in [6.07, 6.45) is 6.31. The molecule has 0 bridgehead atoms. The summed E-state index contributed by atoms with van der Waals surface area (Å²) in [4.78, 5) is 9.02. The van der Waals surface area contributed by atoms with Crippen molar-refractivity contribution in [2.45, 2.75) is 24.0 Å². The molecule has 0 amide bonds. The minimum Gasteiger partial charge on any atom is -0.341 e. The second-order valence-corrected chi connectivity index (χ2v) is 11.8. The van der Waals surface area contributed by atoms with Crippen LogP contribution in [-0.2, 0) is 0 Å². The number of thiophene rings is 1. The number of H-pyrrole nitrogens is 1. The van der Waals surface area contributed by atoms with Gasteiger partial charge in [-0.05, 0) is 24.6 Å². The van der Waals surface area contributed by atoms with Crippen molar-refractivity contribution in [2.75, 3.05) is 12.5 Å². The van der Waals surface area contributed by atoms with Crippen molar-refractivity contribution in [2.24, 2.45) is 0 Å². The summed E-state index contributed by atoms with van der Waals surface area (Å²) < 4.78 is 1.36. The normalized spacial score (nSPS) is 13.3. The number of rotatable bonds is 3. The van der Waals surface area contributed by atoms with Crippen molar-refractivity contribution in [3.05, 3.63) is 24.2 Å². The molecule has 5 heteroatoms. The molecule has 17 heavy (non-hydrogen) atoms. The molecule has 2 rings (SSSR count). The van der Waals surface area contributed by atoms with Gasteiger partial charge in [-0.25, -0.2) is 4.98 Å². The summed E-state index contributed by atoms with van der Waals surface area (Å²) in [5, 5.41) is 0. The van der Waals surface area contributed by atoms with E-state index in [1.165, 1.54) is 9.09 Å². The van der Waals surface area contributed by atoms with Gasteiger partial charge >= 0.3 is 0 Å². The fourth-order valence-electron chi connectivity index (χ4n) is 1.49. The van der Waals surface area contributed by atoms with Crippen molar-refractivity contribution in [1.29, 1.82) is 0 Å². The minimum atomic E-state index is -0.921. The zero-order valence-corrected chi connectivity index (χ0v) is 13.0. The highest BCUT2D eigenvalue weighted by molar-refractivity contribution is 8.87. The van der Waals surface area contributed by atoms with E-state index in [0.29, 0.717) is 5.92 Å². The predicted octanol–water partition coefficient (Wildman–Crippen LogP) is 4.53. The fraction of sp³-hybridized carbons (Fsp3) is 0.417. The van der Waals surface area contributed by atoms with E-state index in [4.69, 9.17) is 0 Å². The summed E-state index contributed by atoms with van der Waals surface area (Å²) in [6, 6.07) is 4.33. The number of hydrogen-bond donors (Lipinski definition) is 2. The maximum absolute atomic E-state index is 4.68. The van der Waals surface area contributed by atoms with Gasteiger partial charge in [0.25, 0.3) is 0 Å². The van der Waals surface area contributed by atoms with E-state index in [1.54, 1.807) is 0 Å². The summed E-state index contributed by atoms with van der Waals surface area (Å²) in [6.45, 7) is 4.28. The average Bonchev–Trinajstić information content (AvgIpc) is 2.85. The molecule has 1 N–H and O–H groups in total. The van der Waals surface area contributed by atoms with Gasteiger partial charge in [0.2, 0.25) is 0 Å². The molecule has 0 saturated carbocycles. The maximum atomic E-state index is 4.68. The Bertz CT molecular complexity index is 506. The number of imidazole rings is 1. The molecule has 0 aliphatic heterocycles. The van der Waals surface area contributed by atoms with Crippen LogP contribution in [0.15, 0.2) is 22.5 Å². The van der Waals surface area contributed by atoms with Crippen molar-refractivity contribution < 1.29 is 0 Å². The zero-order chi connectivity index (χ0) is 12.6. The molecule has 0 unspecified atom stereocenters. The molecule has 0 saturated heterocycles. The van der Waals surface area contributed by atoms with Crippen molar-refractivity contribution in [1.82, 2.24) is 9.97 Å². The lowest BCUT2D eigenvalue weighted by molar-refractivity contribution is 0.795. The highest BCUT2D eigenvalue weighted by Gasteiger charge is 2.14. The number of thiol groups is 1. The smallest absolute Gasteiger partial charge is 0.109 e. The third-order valence-corrected chi connectivity index (χ3v) is 6.98. The van der Waals surface area contributed by atoms with Gasteiger partial charge in [-0.15, -0.1) is 23.0 Å². The summed E-state index contributed by atoms with van der Waals surface area (Å²) in [5.74, 6) is 1.49. The first-order valence-corrected chi connectivity index (χ1v) is 9.80. The second-order valence-electron chi connectivity index (χ2n) is 4.73. The monoisotopic (exact) mass is 286 g/mol. The standard InChI is InChI=1S/C12H18N2S3/c1-8(2)12-13-7-9(14-12)10-5-6-11(16-10)17(3,4)15/h5-8,15H,1-4H3,(H,13,14). The molecular weight excluding hydrogens is 268 g/mol. The Kier molecular flexibility index (Phi) is 3.61. The first-order chi connectivity index (χ1) is 7.88. The van der Waals surface area contributed by atoms with Crippen LogP contribution < -0.4 is 0 Å². The van der Waals surface area contributed by atoms with Gasteiger partial charge in [0.1, 0.15) is 5.82 Å². The average molecular weight is 286 g/mol. The highest BCUT2D eigenvalue weighted by Crippen LogP contribution is 2.56. The molecular formula is C12H18N2S3. The molecule has 0 aromatic carbocycles. The molecule has 2 nitrogen and oxygen atoms in total. The lowest BCUT2D eigenvalue weighted by Crippen LogP contribution is -1.88. The zero-order valence-electron chi connectivity index (χ0n) is 10.5. The third-order valence-electron chi connectivity index (χ3n) is 2.48. The van der Waals surface area contributed by atoms with Gasteiger partial charge in [-0.2, -0.15) is 9.06 Å². The Morgan fingerprint density at radius 1 is 1.35 bits per heavy atom. The number of hydrogen-bond acceptors (Lipinski definition) is 3. The van der Waals surface area contributed by atoms with Gasteiger partial charge in [-0.1, -0.05) is 13.8 Å². The van der Waals surface area contributed by atoms with Crippen LogP contribution in [0, 0.1) is 0 Å². The van der Waals surface area contributed by atoms with Crippen LogP contribution >= 0.6 is 32.1 Å². The Balaban J connectivity index is 2.31. The molecule has 0 aliphatic rings. The molecule has 2 heterocycles. The Hall–Kier alpha value is -0.390. The first-order valence-electron chi connectivity index (χ1n) is 5.49. The van der Waals surface area contributed by atoms with E-state index in [9.17, 15) is 0 Å². The van der Waals surface area contributed by atoms with Crippen LogP contribution in [0.5, 0.6) is 0 Å². The molecule has 2 aromatic rings. The van der Waals surface area contributed by atoms with Gasteiger partial charge in [0, 0.05) is 5.92 Å². The first kappa shape index (κ1) is 13.1. The topological polar surface area (TPSA) is 28.7 Å². The Labute approximate surface area is 113 Å². The number of aromatic nitrogens is 2.